The second-order valence-electron chi connectivity index (χ2n) is 4.71. The van der Waals surface area contributed by atoms with E-state index in [1.807, 2.05) is 41.1 Å². The average Bonchev–Trinajstić information content (AvgIpc) is 2.96. The van der Waals surface area contributed by atoms with Crippen molar-refractivity contribution >= 4 is 11.6 Å². The van der Waals surface area contributed by atoms with Crippen LogP contribution in [0.4, 0.5) is 0 Å². The smallest absolute Gasteiger partial charge is 0.179 e. The second-order valence-corrected chi connectivity index (χ2v) is 5.09. The Morgan fingerprint density at radius 1 is 1.10 bits per heavy atom. The van der Waals surface area contributed by atoms with Gasteiger partial charge in [-0.2, -0.15) is 5.10 Å². The van der Waals surface area contributed by atoms with Gasteiger partial charge in [-0.3, -0.25) is 4.68 Å². The number of rotatable bonds is 4. The molecule has 0 unspecified atom stereocenters. The molecule has 0 aliphatic rings. The van der Waals surface area contributed by atoms with Crippen LogP contribution in [0, 0.1) is 0 Å². The zero-order valence-corrected chi connectivity index (χ0v) is 12.5. The van der Waals surface area contributed by atoms with E-state index in [1.165, 1.54) is 0 Å². The van der Waals surface area contributed by atoms with E-state index in [-0.39, 0.29) is 0 Å². The lowest BCUT2D eigenvalue weighted by molar-refractivity contribution is 0.607. The molecule has 0 aliphatic carbocycles. The molecular weight excluding hydrogens is 284 g/mol. The van der Waals surface area contributed by atoms with Gasteiger partial charge in [-0.1, -0.05) is 48.9 Å². The lowest BCUT2D eigenvalue weighted by Gasteiger charge is -2.07. The predicted molar refractivity (Wildman–Crippen MR) is 84.0 cm³/mol. The van der Waals surface area contributed by atoms with Crippen LogP contribution in [0.5, 0.6) is 0 Å². The summed E-state index contributed by atoms with van der Waals surface area (Å²) in [6, 6.07) is 13.6. The summed E-state index contributed by atoms with van der Waals surface area (Å²) >= 11 is 6.17. The van der Waals surface area contributed by atoms with Gasteiger partial charge in [0.15, 0.2) is 5.82 Å². The van der Waals surface area contributed by atoms with E-state index in [0.29, 0.717) is 11.0 Å². The summed E-state index contributed by atoms with van der Waals surface area (Å²) in [5.41, 5.74) is 2.72. The molecule has 2 heterocycles. The Kier molecular flexibility index (Phi) is 3.97. The number of aryl methyl sites for hydroxylation is 1. The molecule has 2 aromatic heterocycles. The fraction of sp³-hybridized carbons (Fsp3) is 0.188. The van der Waals surface area contributed by atoms with Crippen LogP contribution >= 0.6 is 11.6 Å². The van der Waals surface area contributed by atoms with Gasteiger partial charge in [0.05, 0.1) is 5.69 Å². The highest BCUT2D eigenvalue weighted by Crippen LogP contribution is 2.24. The van der Waals surface area contributed by atoms with E-state index >= 15 is 0 Å². The molecule has 0 saturated carbocycles. The van der Waals surface area contributed by atoms with E-state index in [4.69, 9.17) is 11.6 Å². The van der Waals surface area contributed by atoms with Crippen molar-refractivity contribution < 1.29 is 0 Å². The van der Waals surface area contributed by atoms with Gasteiger partial charge in [-0.05, 0) is 12.5 Å². The molecule has 0 atom stereocenters. The zero-order chi connectivity index (χ0) is 14.7. The molecule has 21 heavy (non-hydrogen) atoms. The number of benzene rings is 1. The van der Waals surface area contributed by atoms with E-state index in [9.17, 15) is 0 Å². The molecule has 4 nitrogen and oxygen atoms in total. The normalized spacial score (nSPS) is 10.8. The minimum atomic E-state index is 0.433. The second kappa shape index (κ2) is 6.06. The van der Waals surface area contributed by atoms with Crippen molar-refractivity contribution in [2.75, 3.05) is 0 Å². The highest BCUT2D eigenvalue weighted by Gasteiger charge is 2.11. The largest absolute Gasteiger partial charge is 0.262 e. The number of hydrogen-bond donors (Lipinski definition) is 0. The third-order valence-corrected chi connectivity index (χ3v) is 3.34. The van der Waals surface area contributed by atoms with Crippen LogP contribution < -0.4 is 0 Å². The minimum absolute atomic E-state index is 0.433. The van der Waals surface area contributed by atoms with Crippen molar-refractivity contribution in [3.8, 4) is 22.8 Å². The van der Waals surface area contributed by atoms with Crippen molar-refractivity contribution in [2.24, 2.45) is 0 Å². The molecule has 0 fully saturated rings. The molecule has 3 aromatic rings. The number of halogens is 1. The van der Waals surface area contributed by atoms with Gasteiger partial charge < -0.3 is 0 Å². The third-order valence-electron chi connectivity index (χ3n) is 3.15. The Balaban J connectivity index is 2.08. The lowest BCUT2D eigenvalue weighted by Crippen LogP contribution is -2.04. The lowest BCUT2D eigenvalue weighted by atomic mass is 10.1. The zero-order valence-electron chi connectivity index (χ0n) is 11.7. The van der Waals surface area contributed by atoms with Gasteiger partial charge >= 0.3 is 0 Å². The van der Waals surface area contributed by atoms with Crippen LogP contribution in [0.1, 0.15) is 13.3 Å². The molecule has 3 rings (SSSR count). The number of hydrogen-bond acceptors (Lipinski definition) is 3. The maximum atomic E-state index is 6.17. The summed E-state index contributed by atoms with van der Waals surface area (Å²) in [4.78, 5) is 8.97. The Bertz CT molecular complexity index is 737. The van der Waals surface area contributed by atoms with E-state index < -0.39 is 0 Å². The molecule has 1 aromatic carbocycles. The van der Waals surface area contributed by atoms with Crippen molar-refractivity contribution in [3.05, 3.63) is 53.8 Å². The first-order valence-electron chi connectivity index (χ1n) is 6.90. The molecule has 0 spiro atoms. The quantitative estimate of drug-likeness (QED) is 0.682. The molecular formula is C16H15ClN4. The molecule has 0 radical (unpaired) electrons. The summed E-state index contributed by atoms with van der Waals surface area (Å²) in [7, 11) is 0. The van der Waals surface area contributed by atoms with Crippen molar-refractivity contribution in [3.63, 3.8) is 0 Å². The first-order chi connectivity index (χ1) is 10.3. The number of aromatic nitrogens is 4. The van der Waals surface area contributed by atoms with Crippen LogP contribution in [-0.2, 0) is 6.54 Å². The summed E-state index contributed by atoms with van der Waals surface area (Å²) < 4.78 is 1.90. The van der Waals surface area contributed by atoms with Gasteiger partial charge in [0.2, 0.25) is 0 Å². The summed E-state index contributed by atoms with van der Waals surface area (Å²) in [6.07, 6.45) is 2.76. The molecule has 5 heteroatoms. The molecule has 0 aliphatic heterocycles. The average molecular weight is 299 g/mol. The van der Waals surface area contributed by atoms with Crippen LogP contribution in [0.3, 0.4) is 0 Å². The van der Waals surface area contributed by atoms with Gasteiger partial charge in [0.25, 0.3) is 0 Å². The molecule has 0 bridgehead atoms. The van der Waals surface area contributed by atoms with Gasteiger partial charge in [0, 0.05) is 24.4 Å². The number of nitrogens with zero attached hydrogens (tertiary/aromatic N) is 4. The first kappa shape index (κ1) is 13.8. The monoisotopic (exact) mass is 298 g/mol. The van der Waals surface area contributed by atoms with Crippen LogP contribution in [0.15, 0.2) is 48.7 Å². The summed E-state index contributed by atoms with van der Waals surface area (Å²) in [5, 5.41) is 4.74. The van der Waals surface area contributed by atoms with Gasteiger partial charge in [-0.15, -0.1) is 0 Å². The summed E-state index contributed by atoms with van der Waals surface area (Å²) in [6.45, 7) is 2.94. The molecule has 0 amide bonds. The van der Waals surface area contributed by atoms with Crippen molar-refractivity contribution in [1.82, 2.24) is 19.7 Å². The van der Waals surface area contributed by atoms with Gasteiger partial charge in [-0.25, -0.2) is 9.97 Å². The fourth-order valence-corrected chi connectivity index (χ4v) is 2.38. The van der Waals surface area contributed by atoms with E-state index in [2.05, 4.69) is 22.0 Å². The van der Waals surface area contributed by atoms with Crippen LogP contribution in [0.2, 0.25) is 5.15 Å². The minimum Gasteiger partial charge on any atom is -0.262 e. The van der Waals surface area contributed by atoms with Crippen molar-refractivity contribution in [1.29, 1.82) is 0 Å². The van der Waals surface area contributed by atoms with E-state index in [0.717, 1.165) is 29.9 Å². The van der Waals surface area contributed by atoms with Crippen LogP contribution in [-0.4, -0.2) is 19.7 Å². The van der Waals surface area contributed by atoms with Crippen molar-refractivity contribution in [2.45, 2.75) is 19.9 Å². The Labute approximate surface area is 128 Å². The Morgan fingerprint density at radius 2 is 1.90 bits per heavy atom. The summed E-state index contributed by atoms with van der Waals surface area (Å²) in [5.74, 6) is 0.604. The standard InChI is InChI=1S/C16H15ClN4/c1-2-10-21-14(8-9-18-21)16-19-13(11-15(17)20-16)12-6-4-3-5-7-12/h3-9,11H,2,10H2,1H3. The third kappa shape index (κ3) is 2.95. The fourth-order valence-electron chi connectivity index (χ4n) is 2.20. The predicted octanol–water partition coefficient (Wildman–Crippen LogP) is 4.07. The highest BCUT2D eigenvalue weighted by atomic mass is 35.5. The Hall–Kier alpha value is -2.20. The molecule has 0 saturated heterocycles. The molecule has 106 valence electrons. The van der Waals surface area contributed by atoms with Gasteiger partial charge in [0.1, 0.15) is 10.8 Å². The van der Waals surface area contributed by atoms with E-state index in [1.54, 1.807) is 12.3 Å². The molecule has 0 N–H and O–H groups in total. The van der Waals surface area contributed by atoms with Crippen LogP contribution in [0.25, 0.3) is 22.8 Å². The first-order valence-corrected chi connectivity index (χ1v) is 7.28. The maximum Gasteiger partial charge on any atom is 0.179 e. The topological polar surface area (TPSA) is 43.6 Å². The highest BCUT2D eigenvalue weighted by molar-refractivity contribution is 6.29. The SMILES string of the molecule is CCCn1nccc1-c1nc(Cl)cc(-c2ccccc2)n1. The maximum absolute atomic E-state index is 6.17. The Morgan fingerprint density at radius 3 is 2.67 bits per heavy atom.